The Bertz CT molecular complexity index is 664. The molecule has 0 aromatic carbocycles. The van der Waals surface area contributed by atoms with Crippen LogP contribution in [0.4, 0.5) is 4.39 Å². The summed E-state index contributed by atoms with van der Waals surface area (Å²) in [5.41, 5.74) is 1.58. The van der Waals surface area contributed by atoms with Crippen LogP contribution in [0.1, 0.15) is 30.8 Å². The highest BCUT2D eigenvalue weighted by Gasteiger charge is 2.28. The summed E-state index contributed by atoms with van der Waals surface area (Å²) in [5.74, 6) is 0.876. The minimum Gasteiger partial charge on any atom is -0.481 e. The van der Waals surface area contributed by atoms with Crippen molar-refractivity contribution in [2.45, 2.75) is 25.8 Å². The van der Waals surface area contributed by atoms with Crippen LogP contribution in [0, 0.1) is 11.7 Å². The number of ether oxygens (including phenoxy) is 1. The van der Waals surface area contributed by atoms with E-state index in [2.05, 4.69) is 21.8 Å². The molecule has 23 heavy (non-hydrogen) atoms. The summed E-state index contributed by atoms with van der Waals surface area (Å²) in [6, 6.07) is 9.19. The molecule has 1 fully saturated rings. The van der Waals surface area contributed by atoms with Gasteiger partial charge >= 0.3 is 0 Å². The van der Waals surface area contributed by atoms with Crippen LogP contribution < -0.4 is 4.74 Å². The molecule has 0 amide bonds. The summed E-state index contributed by atoms with van der Waals surface area (Å²) < 4.78 is 18.9. The van der Waals surface area contributed by atoms with Crippen molar-refractivity contribution in [1.29, 1.82) is 0 Å². The molecule has 0 N–H and O–H groups in total. The Morgan fingerprint density at radius 2 is 2.22 bits per heavy atom. The van der Waals surface area contributed by atoms with Gasteiger partial charge in [-0.1, -0.05) is 6.07 Å². The van der Waals surface area contributed by atoms with Crippen molar-refractivity contribution in [3.63, 3.8) is 0 Å². The lowest BCUT2D eigenvalue weighted by molar-refractivity contribution is 0.246. The molecule has 3 heterocycles. The SMILES string of the molecule is COc1cccc(C(C)N2CC[C@H](Cc3ncccc3F)C2)n1. The first kappa shape index (κ1) is 15.9. The standard InChI is InChI=1S/C18H22FN3O/c1-13(16-6-3-7-18(21-16)23-2)22-10-8-14(12-22)11-17-15(19)5-4-9-20-17/h3-7,9,13-14H,8,10-12H2,1-2H3/t13?,14-/m1/s1. The molecular formula is C18H22FN3O. The van der Waals surface area contributed by atoms with Crippen LogP contribution in [0.25, 0.3) is 0 Å². The van der Waals surface area contributed by atoms with E-state index in [9.17, 15) is 4.39 Å². The van der Waals surface area contributed by atoms with Gasteiger partial charge in [0.15, 0.2) is 0 Å². The van der Waals surface area contributed by atoms with E-state index in [1.165, 1.54) is 6.07 Å². The highest BCUT2D eigenvalue weighted by atomic mass is 19.1. The van der Waals surface area contributed by atoms with Crippen molar-refractivity contribution < 1.29 is 9.13 Å². The fourth-order valence-electron chi connectivity index (χ4n) is 3.19. The van der Waals surface area contributed by atoms with Gasteiger partial charge in [0.25, 0.3) is 0 Å². The van der Waals surface area contributed by atoms with E-state index in [1.54, 1.807) is 19.4 Å². The molecule has 1 saturated heterocycles. The zero-order chi connectivity index (χ0) is 16.2. The Morgan fingerprint density at radius 1 is 1.35 bits per heavy atom. The molecule has 122 valence electrons. The number of pyridine rings is 2. The fourth-order valence-corrected chi connectivity index (χ4v) is 3.19. The minimum absolute atomic E-state index is 0.200. The smallest absolute Gasteiger partial charge is 0.213 e. The van der Waals surface area contributed by atoms with Gasteiger partial charge in [0.1, 0.15) is 5.82 Å². The van der Waals surface area contributed by atoms with Gasteiger partial charge in [-0.05, 0) is 50.4 Å². The van der Waals surface area contributed by atoms with Crippen molar-refractivity contribution in [2.75, 3.05) is 20.2 Å². The molecule has 0 spiro atoms. The predicted octanol–water partition coefficient (Wildman–Crippen LogP) is 3.25. The molecule has 0 aliphatic carbocycles. The first-order valence-corrected chi connectivity index (χ1v) is 8.01. The Hall–Kier alpha value is -2.01. The molecular weight excluding hydrogens is 293 g/mol. The first-order valence-electron chi connectivity index (χ1n) is 8.01. The maximum atomic E-state index is 13.7. The number of nitrogens with zero attached hydrogens (tertiary/aromatic N) is 3. The highest BCUT2D eigenvalue weighted by Crippen LogP contribution is 2.29. The van der Waals surface area contributed by atoms with E-state index >= 15 is 0 Å². The fraction of sp³-hybridized carbons (Fsp3) is 0.444. The van der Waals surface area contributed by atoms with Crippen LogP contribution in [0.5, 0.6) is 5.88 Å². The van der Waals surface area contributed by atoms with Gasteiger partial charge in [-0.15, -0.1) is 0 Å². The van der Waals surface area contributed by atoms with Crippen molar-refractivity contribution in [3.05, 3.63) is 53.7 Å². The van der Waals surface area contributed by atoms with Gasteiger partial charge in [0, 0.05) is 24.8 Å². The molecule has 3 rings (SSSR count). The summed E-state index contributed by atoms with van der Waals surface area (Å²) in [5, 5.41) is 0. The minimum atomic E-state index is -0.200. The second-order valence-corrected chi connectivity index (χ2v) is 6.07. The molecule has 0 radical (unpaired) electrons. The third kappa shape index (κ3) is 3.67. The van der Waals surface area contributed by atoms with Crippen LogP contribution in [-0.4, -0.2) is 35.1 Å². The second-order valence-electron chi connectivity index (χ2n) is 6.07. The number of rotatable bonds is 5. The maximum Gasteiger partial charge on any atom is 0.213 e. The Labute approximate surface area is 136 Å². The molecule has 1 aliphatic rings. The average Bonchev–Trinajstić information content (AvgIpc) is 3.05. The Morgan fingerprint density at radius 3 is 3.00 bits per heavy atom. The zero-order valence-electron chi connectivity index (χ0n) is 13.6. The van der Waals surface area contributed by atoms with Gasteiger partial charge in [0.05, 0.1) is 18.5 Å². The number of hydrogen-bond acceptors (Lipinski definition) is 4. The Balaban J connectivity index is 1.64. The van der Waals surface area contributed by atoms with Crippen LogP contribution >= 0.6 is 0 Å². The number of likely N-dealkylation sites (tertiary alicyclic amines) is 1. The molecule has 5 heteroatoms. The topological polar surface area (TPSA) is 38.2 Å². The van der Waals surface area contributed by atoms with Crippen LogP contribution in [0.2, 0.25) is 0 Å². The summed E-state index contributed by atoms with van der Waals surface area (Å²) in [6.45, 7) is 4.10. The second kappa shape index (κ2) is 7.04. The highest BCUT2D eigenvalue weighted by molar-refractivity contribution is 5.18. The van der Waals surface area contributed by atoms with Crippen molar-refractivity contribution >= 4 is 0 Å². The number of halogens is 1. The maximum absolute atomic E-state index is 13.7. The van der Waals surface area contributed by atoms with E-state index in [-0.39, 0.29) is 11.9 Å². The van der Waals surface area contributed by atoms with E-state index in [0.29, 0.717) is 23.9 Å². The lowest BCUT2D eigenvalue weighted by Crippen LogP contribution is -2.25. The molecule has 1 aliphatic heterocycles. The third-order valence-corrected chi connectivity index (χ3v) is 4.56. The average molecular weight is 315 g/mol. The van der Waals surface area contributed by atoms with Gasteiger partial charge in [-0.3, -0.25) is 9.88 Å². The molecule has 1 unspecified atom stereocenters. The summed E-state index contributed by atoms with van der Waals surface area (Å²) in [7, 11) is 1.63. The molecule has 2 aromatic rings. The monoisotopic (exact) mass is 315 g/mol. The van der Waals surface area contributed by atoms with E-state index in [0.717, 1.165) is 25.2 Å². The lowest BCUT2D eigenvalue weighted by atomic mass is 10.0. The van der Waals surface area contributed by atoms with Crippen molar-refractivity contribution in [3.8, 4) is 5.88 Å². The van der Waals surface area contributed by atoms with E-state index in [1.807, 2.05) is 18.2 Å². The van der Waals surface area contributed by atoms with E-state index in [4.69, 9.17) is 4.74 Å². The van der Waals surface area contributed by atoms with Gasteiger partial charge in [-0.2, -0.15) is 0 Å². The first-order chi connectivity index (χ1) is 11.2. The van der Waals surface area contributed by atoms with Crippen LogP contribution in [0.15, 0.2) is 36.5 Å². The van der Waals surface area contributed by atoms with E-state index < -0.39 is 0 Å². The zero-order valence-corrected chi connectivity index (χ0v) is 13.6. The Kier molecular flexibility index (Phi) is 4.86. The number of aromatic nitrogens is 2. The molecule has 0 bridgehead atoms. The van der Waals surface area contributed by atoms with Gasteiger partial charge < -0.3 is 4.74 Å². The largest absolute Gasteiger partial charge is 0.481 e. The summed E-state index contributed by atoms with van der Waals surface area (Å²) >= 11 is 0. The van der Waals surface area contributed by atoms with Crippen molar-refractivity contribution in [2.24, 2.45) is 5.92 Å². The van der Waals surface area contributed by atoms with Gasteiger partial charge in [0.2, 0.25) is 5.88 Å². The van der Waals surface area contributed by atoms with Gasteiger partial charge in [-0.25, -0.2) is 9.37 Å². The van der Waals surface area contributed by atoms with Crippen LogP contribution in [0.3, 0.4) is 0 Å². The molecule has 0 saturated carbocycles. The quantitative estimate of drug-likeness (QED) is 0.849. The summed E-state index contributed by atoms with van der Waals surface area (Å²) in [6.07, 6.45) is 3.42. The molecule has 2 atom stereocenters. The normalized spacial score (nSPS) is 19.7. The summed E-state index contributed by atoms with van der Waals surface area (Å²) in [4.78, 5) is 11.1. The van der Waals surface area contributed by atoms with Crippen molar-refractivity contribution in [1.82, 2.24) is 14.9 Å². The molecule has 2 aromatic heterocycles. The number of methoxy groups -OCH3 is 1. The predicted molar refractivity (Wildman–Crippen MR) is 86.8 cm³/mol. The molecule has 4 nitrogen and oxygen atoms in total. The van der Waals surface area contributed by atoms with Crippen LogP contribution in [-0.2, 0) is 6.42 Å². The third-order valence-electron chi connectivity index (χ3n) is 4.56. The number of hydrogen-bond donors (Lipinski definition) is 0. The lowest BCUT2D eigenvalue weighted by Gasteiger charge is -2.24.